The van der Waals surface area contributed by atoms with Gasteiger partial charge in [0, 0.05) is 31.2 Å². The third kappa shape index (κ3) is 3.83. The van der Waals surface area contributed by atoms with Crippen LogP contribution in [-0.4, -0.2) is 43.3 Å². The molecule has 0 spiro atoms. The van der Waals surface area contributed by atoms with Crippen LogP contribution in [0, 0.1) is 0 Å². The molecule has 2 aliphatic rings. The molecule has 1 N–H and O–H groups in total. The fourth-order valence-corrected chi connectivity index (χ4v) is 3.50. The highest BCUT2D eigenvalue weighted by Crippen LogP contribution is 2.29. The number of furan rings is 1. The van der Waals surface area contributed by atoms with Crippen molar-refractivity contribution in [3.63, 3.8) is 0 Å². The predicted octanol–water partition coefficient (Wildman–Crippen LogP) is 3.55. The molecule has 2 aromatic rings. The third-order valence-electron chi connectivity index (χ3n) is 4.71. The van der Waals surface area contributed by atoms with Gasteiger partial charge < -0.3 is 14.5 Å². The number of hydrogen-bond donors (Lipinski definition) is 1. The standard InChI is InChI=1S/C19H23ClN2O2/c20-18-4-2-1-3-17(18)19-8-7-15(24-19)11-21-12-16-13-22(9-10-23-16)14-5-6-14/h1-4,7-8,14,16,21H,5-6,9-13H2. The first-order valence-corrected chi connectivity index (χ1v) is 9.07. The van der Waals surface area contributed by atoms with Crippen molar-refractivity contribution in [2.75, 3.05) is 26.2 Å². The molecule has 5 heteroatoms. The van der Waals surface area contributed by atoms with E-state index in [0.29, 0.717) is 11.6 Å². The van der Waals surface area contributed by atoms with Crippen LogP contribution in [0.4, 0.5) is 0 Å². The highest BCUT2D eigenvalue weighted by Gasteiger charge is 2.32. The summed E-state index contributed by atoms with van der Waals surface area (Å²) in [5, 5.41) is 4.16. The summed E-state index contributed by atoms with van der Waals surface area (Å²) >= 11 is 6.22. The summed E-state index contributed by atoms with van der Waals surface area (Å²) < 4.78 is 11.8. The summed E-state index contributed by atoms with van der Waals surface area (Å²) in [4.78, 5) is 2.57. The Kier molecular flexibility index (Phi) is 4.90. The summed E-state index contributed by atoms with van der Waals surface area (Å²) in [6.07, 6.45) is 2.99. The van der Waals surface area contributed by atoms with Crippen LogP contribution in [0.25, 0.3) is 11.3 Å². The van der Waals surface area contributed by atoms with Gasteiger partial charge in [-0.1, -0.05) is 23.7 Å². The quantitative estimate of drug-likeness (QED) is 0.868. The minimum absolute atomic E-state index is 0.275. The van der Waals surface area contributed by atoms with Gasteiger partial charge in [0.15, 0.2) is 0 Å². The van der Waals surface area contributed by atoms with Crippen LogP contribution >= 0.6 is 11.6 Å². The lowest BCUT2D eigenvalue weighted by Crippen LogP contribution is -2.47. The Balaban J connectivity index is 1.28. The molecule has 4 rings (SSSR count). The number of rotatable bonds is 6. The number of benzene rings is 1. The van der Waals surface area contributed by atoms with Gasteiger partial charge in [-0.25, -0.2) is 0 Å². The van der Waals surface area contributed by atoms with E-state index >= 15 is 0 Å². The number of hydrogen-bond acceptors (Lipinski definition) is 4. The number of ether oxygens (including phenoxy) is 1. The van der Waals surface area contributed by atoms with Gasteiger partial charge in [-0.3, -0.25) is 4.90 Å². The number of nitrogens with zero attached hydrogens (tertiary/aromatic N) is 1. The Hall–Kier alpha value is -1.33. The van der Waals surface area contributed by atoms with Gasteiger partial charge in [-0.15, -0.1) is 0 Å². The zero-order chi connectivity index (χ0) is 16.4. The topological polar surface area (TPSA) is 37.6 Å². The first kappa shape index (κ1) is 16.2. The minimum atomic E-state index is 0.275. The second-order valence-corrected chi connectivity index (χ2v) is 7.00. The number of morpholine rings is 1. The molecular formula is C19H23ClN2O2. The second kappa shape index (κ2) is 7.28. The van der Waals surface area contributed by atoms with Crippen molar-refractivity contribution < 1.29 is 9.15 Å². The maximum atomic E-state index is 6.22. The summed E-state index contributed by atoms with van der Waals surface area (Å²) in [5.41, 5.74) is 0.932. The highest BCUT2D eigenvalue weighted by atomic mass is 35.5. The molecule has 2 fully saturated rings. The zero-order valence-electron chi connectivity index (χ0n) is 13.7. The number of halogens is 1. The third-order valence-corrected chi connectivity index (χ3v) is 5.04. The Labute approximate surface area is 147 Å². The molecule has 1 aliphatic carbocycles. The molecular weight excluding hydrogens is 324 g/mol. The predicted molar refractivity (Wildman–Crippen MR) is 95.2 cm³/mol. The molecule has 24 heavy (non-hydrogen) atoms. The van der Waals surface area contributed by atoms with Crippen LogP contribution < -0.4 is 5.32 Å². The van der Waals surface area contributed by atoms with Crippen molar-refractivity contribution >= 4 is 11.6 Å². The summed E-state index contributed by atoms with van der Waals surface area (Å²) in [5.74, 6) is 1.73. The molecule has 0 bridgehead atoms. The fourth-order valence-electron chi connectivity index (χ4n) is 3.27. The summed E-state index contributed by atoms with van der Waals surface area (Å²) in [6.45, 7) is 4.53. The van der Waals surface area contributed by atoms with Gasteiger partial charge in [-0.2, -0.15) is 0 Å². The van der Waals surface area contributed by atoms with Crippen molar-refractivity contribution in [3.05, 3.63) is 47.2 Å². The van der Waals surface area contributed by atoms with E-state index in [1.54, 1.807) is 0 Å². The van der Waals surface area contributed by atoms with Crippen molar-refractivity contribution in [1.82, 2.24) is 10.2 Å². The first-order valence-electron chi connectivity index (χ1n) is 8.69. The van der Waals surface area contributed by atoms with E-state index in [9.17, 15) is 0 Å². The lowest BCUT2D eigenvalue weighted by molar-refractivity contribution is -0.0302. The average molecular weight is 347 g/mol. The van der Waals surface area contributed by atoms with Crippen molar-refractivity contribution in [2.24, 2.45) is 0 Å². The molecule has 1 atom stereocenters. The summed E-state index contributed by atoms with van der Waals surface area (Å²) in [6, 6.07) is 12.5. The largest absolute Gasteiger partial charge is 0.460 e. The fraction of sp³-hybridized carbons (Fsp3) is 0.474. The van der Waals surface area contributed by atoms with Crippen molar-refractivity contribution in [3.8, 4) is 11.3 Å². The van der Waals surface area contributed by atoms with Crippen LogP contribution in [-0.2, 0) is 11.3 Å². The van der Waals surface area contributed by atoms with Crippen LogP contribution in [0.15, 0.2) is 40.8 Å². The van der Waals surface area contributed by atoms with Crippen LogP contribution in [0.5, 0.6) is 0 Å². The maximum Gasteiger partial charge on any atom is 0.135 e. The van der Waals surface area contributed by atoms with E-state index in [0.717, 1.165) is 49.4 Å². The van der Waals surface area contributed by atoms with Gasteiger partial charge >= 0.3 is 0 Å². The van der Waals surface area contributed by atoms with E-state index < -0.39 is 0 Å². The second-order valence-electron chi connectivity index (χ2n) is 6.60. The van der Waals surface area contributed by atoms with Crippen molar-refractivity contribution in [1.29, 1.82) is 0 Å². The van der Waals surface area contributed by atoms with Crippen molar-refractivity contribution in [2.45, 2.75) is 31.5 Å². The molecule has 1 saturated heterocycles. The smallest absolute Gasteiger partial charge is 0.135 e. The normalized spacial score (nSPS) is 22.0. The van der Waals surface area contributed by atoms with Crippen LogP contribution in [0.2, 0.25) is 5.02 Å². The number of nitrogens with one attached hydrogen (secondary N) is 1. The summed E-state index contributed by atoms with van der Waals surface area (Å²) in [7, 11) is 0. The molecule has 1 aliphatic heterocycles. The minimum Gasteiger partial charge on any atom is -0.460 e. The molecule has 2 heterocycles. The Morgan fingerprint density at radius 1 is 1.17 bits per heavy atom. The molecule has 4 nitrogen and oxygen atoms in total. The van der Waals surface area contributed by atoms with Crippen LogP contribution in [0.1, 0.15) is 18.6 Å². The molecule has 0 amide bonds. The van der Waals surface area contributed by atoms with E-state index in [1.165, 1.54) is 12.8 Å². The molecule has 0 radical (unpaired) electrons. The van der Waals surface area contributed by atoms with Gasteiger partial charge in [0.25, 0.3) is 0 Å². The van der Waals surface area contributed by atoms with Gasteiger partial charge in [-0.05, 0) is 37.1 Å². The molecule has 1 saturated carbocycles. The SMILES string of the molecule is Clc1ccccc1-c1ccc(CNCC2CN(C3CC3)CCO2)o1. The monoisotopic (exact) mass is 346 g/mol. The maximum absolute atomic E-state index is 6.22. The Bertz CT molecular complexity index is 684. The molecule has 128 valence electrons. The lowest BCUT2D eigenvalue weighted by Gasteiger charge is -2.33. The van der Waals surface area contributed by atoms with Gasteiger partial charge in [0.1, 0.15) is 11.5 Å². The molecule has 1 aromatic heterocycles. The van der Waals surface area contributed by atoms with E-state index in [2.05, 4.69) is 10.2 Å². The molecule has 1 aromatic carbocycles. The van der Waals surface area contributed by atoms with Gasteiger partial charge in [0.2, 0.25) is 0 Å². The molecule has 1 unspecified atom stereocenters. The zero-order valence-corrected chi connectivity index (χ0v) is 14.5. The highest BCUT2D eigenvalue weighted by molar-refractivity contribution is 6.33. The Morgan fingerprint density at radius 2 is 2.04 bits per heavy atom. The Morgan fingerprint density at radius 3 is 2.88 bits per heavy atom. The van der Waals surface area contributed by atoms with Crippen LogP contribution in [0.3, 0.4) is 0 Å². The average Bonchev–Trinajstić information content (AvgIpc) is 3.35. The van der Waals surface area contributed by atoms with E-state index in [-0.39, 0.29) is 6.10 Å². The van der Waals surface area contributed by atoms with E-state index in [4.69, 9.17) is 20.8 Å². The van der Waals surface area contributed by atoms with E-state index in [1.807, 2.05) is 36.4 Å². The lowest BCUT2D eigenvalue weighted by atomic mass is 10.2. The first-order chi connectivity index (χ1) is 11.8. The van der Waals surface area contributed by atoms with Gasteiger partial charge in [0.05, 0.1) is 24.3 Å².